The van der Waals surface area contributed by atoms with Crippen LogP contribution in [-0.4, -0.2) is 27.8 Å². The quantitative estimate of drug-likeness (QED) is 0.650. The van der Waals surface area contributed by atoms with Gasteiger partial charge in [0.2, 0.25) is 0 Å². The number of benzene rings is 2. The van der Waals surface area contributed by atoms with Crippen LogP contribution in [0.1, 0.15) is 48.4 Å². The summed E-state index contributed by atoms with van der Waals surface area (Å²) in [4.78, 5) is 38.0. The summed E-state index contributed by atoms with van der Waals surface area (Å²) >= 11 is 0. The highest BCUT2D eigenvalue weighted by molar-refractivity contribution is 6.03. The minimum absolute atomic E-state index is 0.00489. The number of esters is 1. The number of amides is 1. The lowest BCUT2D eigenvalue weighted by molar-refractivity contribution is -0.123. The highest BCUT2D eigenvalue weighted by Gasteiger charge is 2.24. The molecule has 0 bridgehead atoms. The predicted octanol–water partition coefficient (Wildman–Crippen LogP) is 3.78. The number of aryl methyl sites for hydroxylation is 2. The highest BCUT2D eigenvalue weighted by Crippen LogP contribution is 2.19. The molecule has 0 fully saturated rings. The van der Waals surface area contributed by atoms with Crippen LogP contribution in [-0.2, 0) is 9.53 Å². The fourth-order valence-corrected chi connectivity index (χ4v) is 3.08. The third kappa shape index (κ3) is 4.25. The van der Waals surface area contributed by atoms with E-state index < -0.39 is 18.0 Å². The van der Waals surface area contributed by atoms with Crippen LogP contribution in [0.5, 0.6) is 0 Å². The van der Waals surface area contributed by atoms with Crippen molar-refractivity contribution in [2.45, 2.75) is 46.8 Å². The van der Waals surface area contributed by atoms with E-state index in [-0.39, 0.29) is 17.3 Å². The lowest BCUT2D eigenvalue weighted by atomic mass is 10.1. The Bertz CT molecular complexity index is 1180. The van der Waals surface area contributed by atoms with E-state index in [1.165, 1.54) is 11.6 Å². The van der Waals surface area contributed by atoms with E-state index in [0.29, 0.717) is 16.5 Å². The van der Waals surface area contributed by atoms with E-state index in [9.17, 15) is 14.4 Å². The number of carbonyl (C=O) groups is 2. The van der Waals surface area contributed by atoms with Gasteiger partial charge in [0.25, 0.3) is 11.5 Å². The summed E-state index contributed by atoms with van der Waals surface area (Å²) in [5.74, 6) is -1.21. The van der Waals surface area contributed by atoms with Crippen LogP contribution >= 0.6 is 0 Å². The zero-order valence-corrected chi connectivity index (χ0v) is 17.7. The Morgan fingerprint density at radius 2 is 1.70 bits per heavy atom. The second kappa shape index (κ2) is 8.49. The first-order chi connectivity index (χ1) is 14.2. The summed E-state index contributed by atoms with van der Waals surface area (Å²) in [6, 6.07) is 12.2. The van der Waals surface area contributed by atoms with Crippen LogP contribution in [0.25, 0.3) is 10.8 Å². The van der Waals surface area contributed by atoms with Crippen molar-refractivity contribution in [1.82, 2.24) is 9.78 Å². The van der Waals surface area contributed by atoms with Crippen molar-refractivity contribution in [3.05, 3.63) is 69.6 Å². The molecule has 1 N–H and O–H groups in total. The van der Waals surface area contributed by atoms with Crippen LogP contribution in [0, 0.1) is 13.8 Å². The van der Waals surface area contributed by atoms with Gasteiger partial charge in [0.1, 0.15) is 0 Å². The molecule has 0 radical (unpaired) electrons. The smallest absolute Gasteiger partial charge is 0.360 e. The van der Waals surface area contributed by atoms with E-state index in [0.717, 1.165) is 11.1 Å². The molecule has 0 saturated carbocycles. The maximum Gasteiger partial charge on any atom is 0.360 e. The van der Waals surface area contributed by atoms with Crippen molar-refractivity contribution < 1.29 is 14.3 Å². The number of rotatable bonds is 5. The van der Waals surface area contributed by atoms with Crippen molar-refractivity contribution in [2.75, 3.05) is 5.32 Å². The number of anilines is 1. The van der Waals surface area contributed by atoms with Crippen molar-refractivity contribution in [2.24, 2.45) is 0 Å². The highest BCUT2D eigenvalue weighted by atomic mass is 16.5. The van der Waals surface area contributed by atoms with Gasteiger partial charge in [-0.2, -0.15) is 5.10 Å². The molecule has 1 aromatic heterocycles. The van der Waals surface area contributed by atoms with Crippen molar-refractivity contribution in [1.29, 1.82) is 0 Å². The van der Waals surface area contributed by atoms with Gasteiger partial charge in [-0.05, 0) is 57.9 Å². The summed E-state index contributed by atoms with van der Waals surface area (Å²) in [6.45, 7) is 8.92. The van der Waals surface area contributed by atoms with Gasteiger partial charge in [-0.1, -0.05) is 30.3 Å². The molecule has 0 aliphatic rings. The minimum Gasteiger partial charge on any atom is -0.448 e. The predicted molar refractivity (Wildman–Crippen MR) is 116 cm³/mol. The SMILES string of the molecule is Cc1ccc(C)c(NC(=O)C(C)OC(=O)c2nn(C(C)C)c(=O)c3ccccc23)c1. The molecule has 0 saturated heterocycles. The van der Waals surface area contributed by atoms with Crippen LogP contribution in [0.3, 0.4) is 0 Å². The standard InChI is InChI=1S/C23H25N3O4/c1-13(2)26-22(28)18-9-7-6-8-17(18)20(25-26)23(29)30-16(5)21(27)24-19-12-14(3)10-11-15(19)4/h6-13,16H,1-5H3,(H,24,27). The molecule has 0 spiro atoms. The molecule has 2 aromatic carbocycles. The molecule has 3 rings (SSSR count). The van der Waals surface area contributed by atoms with Gasteiger partial charge in [-0.25, -0.2) is 9.48 Å². The van der Waals surface area contributed by atoms with E-state index in [1.54, 1.807) is 38.1 Å². The first kappa shape index (κ1) is 21.2. The summed E-state index contributed by atoms with van der Waals surface area (Å²) in [6.07, 6.45) is -1.04. The van der Waals surface area contributed by atoms with Crippen molar-refractivity contribution in [3.63, 3.8) is 0 Å². The molecular weight excluding hydrogens is 382 g/mol. The average Bonchev–Trinajstić information content (AvgIpc) is 2.70. The van der Waals surface area contributed by atoms with E-state index >= 15 is 0 Å². The lowest BCUT2D eigenvalue weighted by Crippen LogP contribution is -2.32. The average molecular weight is 407 g/mol. The largest absolute Gasteiger partial charge is 0.448 e. The fourth-order valence-electron chi connectivity index (χ4n) is 3.08. The normalized spacial score (nSPS) is 12.1. The summed E-state index contributed by atoms with van der Waals surface area (Å²) in [7, 11) is 0. The Hall–Kier alpha value is -3.48. The number of fused-ring (bicyclic) bond motifs is 1. The van der Waals surface area contributed by atoms with Gasteiger partial charge >= 0.3 is 5.97 Å². The summed E-state index contributed by atoms with van der Waals surface area (Å²) in [5, 5.41) is 7.78. The molecular formula is C23H25N3O4. The van der Waals surface area contributed by atoms with Gasteiger partial charge in [-0.3, -0.25) is 9.59 Å². The molecule has 156 valence electrons. The van der Waals surface area contributed by atoms with Crippen LogP contribution in [0.15, 0.2) is 47.3 Å². The van der Waals surface area contributed by atoms with Gasteiger partial charge in [0.15, 0.2) is 11.8 Å². The Morgan fingerprint density at radius 3 is 2.37 bits per heavy atom. The molecule has 7 nitrogen and oxygen atoms in total. The summed E-state index contributed by atoms with van der Waals surface area (Å²) < 4.78 is 6.64. The first-order valence-corrected chi connectivity index (χ1v) is 9.79. The molecule has 1 heterocycles. The van der Waals surface area contributed by atoms with E-state index in [2.05, 4.69) is 10.4 Å². The summed E-state index contributed by atoms with van der Waals surface area (Å²) in [5.41, 5.74) is 2.30. The van der Waals surface area contributed by atoms with Crippen LogP contribution in [0.4, 0.5) is 5.69 Å². The molecule has 3 aromatic rings. The number of nitrogens with one attached hydrogen (secondary N) is 1. The monoisotopic (exact) mass is 407 g/mol. The topological polar surface area (TPSA) is 90.3 Å². The van der Waals surface area contributed by atoms with Crippen LogP contribution < -0.4 is 10.9 Å². The molecule has 1 unspecified atom stereocenters. The zero-order valence-electron chi connectivity index (χ0n) is 17.7. The maximum atomic E-state index is 12.9. The molecule has 0 aliphatic carbocycles. The van der Waals surface area contributed by atoms with Crippen molar-refractivity contribution in [3.8, 4) is 0 Å². The first-order valence-electron chi connectivity index (χ1n) is 9.79. The second-order valence-electron chi connectivity index (χ2n) is 7.59. The number of hydrogen-bond donors (Lipinski definition) is 1. The van der Waals surface area contributed by atoms with Gasteiger partial charge in [0, 0.05) is 11.1 Å². The molecule has 7 heteroatoms. The maximum absolute atomic E-state index is 12.9. The second-order valence-corrected chi connectivity index (χ2v) is 7.59. The fraction of sp³-hybridized carbons (Fsp3) is 0.304. The Balaban J connectivity index is 1.87. The molecule has 1 atom stereocenters. The van der Waals surface area contributed by atoms with Gasteiger partial charge in [-0.15, -0.1) is 0 Å². The number of carbonyl (C=O) groups excluding carboxylic acids is 2. The molecule has 0 aliphatic heterocycles. The Kier molecular flexibility index (Phi) is 6.01. The molecule has 30 heavy (non-hydrogen) atoms. The molecule has 1 amide bonds. The van der Waals surface area contributed by atoms with Gasteiger partial charge < -0.3 is 10.1 Å². The number of nitrogens with zero attached hydrogens (tertiary/aromatic N) is 2. The lowest BCUT2D eigenvalue weighted by Gasteiger charge is -2.16. The van der Waals surface area contributed by atoms with E-state index in [1.807, 2.05) is 32.0 Å². The number of ether oxygens (including phenoxy) is 1. The van der Waals surface area contributed by atoms with Crippen LogP contribution in [0.2, 0.25) is 0 Å². The van der Waals surface area contributed by atoms with E-state index in [4.69, 9.17) is 4.74 Å². The Morgan fingerprint density at radius 1 is 1.03 bits per heavy atom. The number of hydrogen-bond acceptors (Lipinski definition) is 5. The Labute approximate surface area is 174 Å². The third-order valence-corrected chi connectivity index (χ3v) is 4.81. The van der Waals surface area contributed by atoms with Crippen molar-refractivity contribution >= 4 is 28.3 Å². The van der Waals surface area contributed by atoms with Gasteiger partial charge in [0.05, 0.1) is 11.4 Å². The third-order valence-electron chi connectivity index (χ3n) is 4.81. The minimum atomic E-state index is -1.04. The number of aromatic nitrogens is 2. The zero-order chi connectivity index (χ0) is 22.0.